The SMILES string of the molecule is O=C1Nc2ccc(S(=O)(=O)NC3CCNCC3)cc2C1C(=Nc1ccc(CN2CCCC2)cc1)c1ccccc1. The lowest BCUT2D eigenvalue weighted by Gasteiger charge is -2.23. The molecule has 3 N–H and O–H groups in total. The molecular formula is C31H35N5O3S. The minimum atomic E-state index is -3.75. The summed E-state index contributed by atoms with van der Waals surface area (Å²) in [6, 6.07) is 22.6. The number of aliphatic imine (C=N–C) groups is 1. The number of amides is 1. The molecule has 0 radical (unpaired) electrons. The fourth-order valence-electron chi connectivity index (χ4n) is 5.82. The molecule has 3 heterocycles. The Bertz CT molecular complexity index is 1490. The molecule has 3 aromatic carbocycles. The van der Waals surface area contributed by atoms with Gasteiger partial charge in [-0.25, -0.2) is 13.1 Å². The summed E-state index contributed by atoms with van der Waals surface area (Å²) in [5, 5.41) is 6.20. The first kappa shape index (κ1) is 26.8. The molecule has 0 aromatic heterocycles. The number of rotatable bonds is 8. The molecule has 2 saturated heterocycles. The number of likely N-dealkylation sites (tertiary alicyclic amines) is 1. The summed E-state index contributed by atoms with van der Waals surface area (Å²) in [5.74, 6) is -0.958. The van der Waals surface area contributed by atoms with Gasteiger partial charge in [-0.05, 0) is 98.9 Å². The number of sulfonamides is 1. The third kappa shape index (κ3) is 5.88. The molecule has 1 atom stereocenters. The molecule has 0 saturated carbocycles. The summed E-state index contributed by atoms with van der Waals surface area (Å²) in [4.78, 5) is 21.0. The highest BCUT2D eigenvalue weighted by Crippen LogP contribution is 2.38. The summed E-state index contributed by atoms with van der Waals surface area (Å²) in [5.41, 5.74) is 4.62. The van der Waals surface area contributed by atoms with Crippen molar-refractivity contribution in [2.45, 2.75) is 49.1 Å². The summed E-state index contributed by atoms with van der Waals surface area (Å²) >= 11 is 0. The zero-order chi connectivity index (χ0) is 27.5. The van der Waals surface area contributed by atoms with E-state index in [0.717, 1.165) is 56.8 Å². The first-order chi connectivity index (χ1) is 19.5. The maximum absolute atomic E-state index is 13.4. The van der Waals surface area contributed by atoms with Crippen LogP contribution < -0.4 is 15.4 Å². The van der Waals surface area contributed by atoms with E-state index in [1.54, 1.807) is 18.2 Å². The normalized spacial score (nSPS) is 20.4. The first-order valence-corrected chi connectivity index (χ1v) is 15.6. The van der Waals surface area contributed by atoms with Crippen molar-refractivity contribution in [3.8, 4) is 0 Å². The minimum Gasteiger partial charge on any atom is -0.325 e. The van der Waals surface area contributed by atoms with E-state index in [1.807, 2.05) is 42.5 Å². The number of carbonyl (C=O) groups excluding carboxylic acids is 1. The lowest BCUT2D eigenvalue weighted by Crippen LogP contribution is -2.42. The van der Waals surface area contributed by atoms with Crippen molar-refractivity contribution in [1.29, 1.82) is 0 Å². The summed E-state index contributed by atoms with van der Waals surface area (Å²) in [6.07, 6.45) is 4.00. The third-order valence-electron chi connectivity index (χ3n) is 7.96. The van der Waals surface area contributed by atoms with Crippen molar-refractivity contribution in [3.63, 3.8) is 0 Å². The molecule has 1 amide bonds. The number of nitrogens with one attached hydrogen (secondary N) is 3. The highest BCUT2D eigenvalue weighted by Gasteiger charge is 2.37. The largest absolute Gasteiger partial charge is 0.325 e. The Morgan fingerprint density at radius 1 is 0.950 bits per heavy atom. The van der Waals surface area contributed by atoms with Gasteiger partial charge < -0.3 is 10.6 Å². The number of fused-ring (bicyclic) bond motifs is 1. The van der Waals surface area contributed by atoms with Gasteiger partial charge in [-0.2, -0.15) is 0 Å². The lowest BCUT2D eigenvalue weighted by molar-refractivity contribution is -0.115. The number of piperidine rings is 1. The van der Waals surface area contributed by atoms with Crippen LogP contribution in [0.5, 0.6) is 0 Å². The van der Waals surface area contributed by atoms with Gasteiger partial charge in [-0.3, -0.25) is 14.7 Å². The average Bonchev–Trinajstić information content (AvgIpc) is 3.60. The van der Waals surface area contributed by atoms with Gasteiger partial charge in [0.1, 0.15) is 5.92 Å². The smallest absolute Gasteiger partial charge is 0.240 e. The average molecular weight is 558 g/mol. The van der Waals surface area contributed by atoms with Crippen LogP contribution >= 0.6 is 0 Å². The van der Waals surface area contributed by atoms with Crippen LogP contribution in [0.25, 0.3) is 0 Å². The van der Waals surface area contributed by atoms with Gasteiger partial charge in [-0.15, -0.1) is 0 Å². The zero-order valence-corrected chi connectivity index (χ0v) is 23.3. The van der Waals surface area contributed by atoms with Crippen LogP contribution in [-0.2, 0) is 21.4 Å². The van der Waals surface area contributed by atoms with E-state index >= 15 is 0 Å². The number of nitrogens with zero attached hydrogens (tertiary/aromatic N) is 2. The molecule has 0 spiro atoms. The second-order valence-corrected chi connectivity index (χ2v) is 12.5. The molecule has 9 heteroatoms. The van der Waals surface area contributed by atoms with Crippen molar-refractivity contribution in [3.05, 3.63) is 89.5 Å². The molecule has 2 fully saturated rings. The molecule has 0 aliphatic carbocycles. The Morgan fingerprint density at radius 2 is 1.68 bits per heavy atom. The van der Waals surface area contributed by atoms with E-state index < -0.39 is 15.9 Å². The van der Waals surface area contributed by atoms with Crippen LogP contribution in [0.4, 0.5) is 11.4 Å². The minimum absolute atomic E-state index is 0.107. The molecule has 3 aliphatic heterocycles. The van der Waals surface area contributed by atoms with Crippen molar-refractivity contribution in [2.75, 3.05) is 31.5 Å². The van der Waals surface area contributed by atoms with Crippen LogP contribution in [0.2, 0.25) is 0 Å². The molecule has 0 bridgehead atoms. The Kier molecular flexibility index (Phi) is 7.80. The molecule has 208 valence electrons. The Morgan fingerprint density at radius 3 is 2.40 bits per heavy atom. The van der Waals surface area contributed by atoms with Crippen LogP contribution in [0.15, 0.2) is 82.7 Å². The topological polar surface area (TPSA) is 103 Å². The third-order valence-corrected chi connectivity index (χ3v) is 9.48. The van der Waals surface area contributed by atoms with Gasteiger partial charge >= 0.3 is 0 Å². The van der Waals surface area contributed by atoms with Gasteiger partial charge in [0.2, 0.25) is 15.9 Å². The molecule has 40 heavy (non-hydrogen) atoms. The molecule has 1 unspecified atom stereocenters. The van der Waals surface area contributed by atoms with Gasteiger partial charge in [0.25, 0.3) is 0 Å². The number of hydrogen-bond acceptors (Lipinski definition) is 6. The van der Waals surface area contributed by atoms with Crippen molar-refractivity contribution in [2.24, 2.45) is 4.99 Å². The molecule has 3 aromatic rings. The van der Waals surface area contributed by atoms with E-state index in [1.165, 1.54) is 18.4 Å². The van der Waals surface area contributed by atoms with Crippen LogP contribution in [0, 0.1) is 0 Å². The van der Waals surface area contributed by atoms with Crippen molar-refractivity contribution in [1.82, 2.24) is 14.9 Å². The van der Waals surface area contributed by atoms with Crippen molar-refractivity contribution >= 4 is 33.0 Å². The number of anilines is 1. The van der Waals surface area contributed by atoms with E-state index in [2.05, 4.69) is 32.4 Å². The second-order valence-electron chi connectivity index (χ2n) is 10.8. The Hall–Kier alpha value is -3.37. The van der Waals surface area contributed by atoms with E-state index in [4.69, 9.17) is 4.99 Å². The standard InChI is InChI=1S/C31H35N5O3S/c37-31-29(27-20-26(12-13-28(27)34-31)40(38,39)35-25-14-16-32-17-15-25)30(23-6-2-1-3-7-23)33-24-10-8-22(9-11-24)21-36-18-4-5-19-36/h1-3,6-13,20,25,29,32,35H,4-5,14-19,21H2,(H,34,37). The maximum Gasteiger partial charge on any atom is 0.240 e. The van der Waals surface area contributed by atoms with Gasteiger partial charge in [0, 0.05) is 18.3 Å². The Labute approximate surface area is 235 Å². The maximum atomic E-state index is 13.4. The molecule has 6 rings (SSSR count). The predicted molar refractivity (Wildman–Crippen MR) is 158 cm³/mol. The second kappa shape index (κ2) is 11.6. The van der Waals surface area contributed by atoms with E-state index in [-0.39, 0.29) is 16.8 Å². The summed E-state index contributed by atoms with van der Waals surface area (Å²) in [6.45, 7) is 4.78. The highest BCUT2D eigenvalue weighted by molar-refractivity contribution is 7.89. The Balaban J connectivity index is 1.33. The summed E-state index contributed by atoms with van der Waals surface area (Å²) < 4.78 is 29.5. The molecule has 8 nitrogen and oxygen atoms in total. The van der Waals surface area contributed by atoms with Crippen LogP contribution in [0.1, 0.15) is 48.3 Å². The van der Waals surface area contributed by atoms with Crippen LogP contribution in [0.3, 0.4) is 0 Å². The monoisotopic (exact) mass is 557 g/mol. The fraction of sp³-hybridized carbons (Fsp3) is 0.355. The van der Waals surface area contributed by atoms with Crippen molar-refractivity contribution < 1.29 is 13.2 Å². The van der Waals surface area contributed by atoms with Crippen LogP contribution in [-0.4, -0.2) is 57.2 Å². The number of carbonyl (C=O) groups is 1. The first-order valence-electron chi connectivity index (χ1n) is 14.1. The lowest BCUT2D eigenvalue weighted by atomic mass is 9.90. The van der Waals surface area contributed by atoms with E-state index in [9.17, 15) is 13.2 Å². The fourth-order valence-corrected chi connectivity index (χ4v) is 7.16. The number of hydrogen-bond donors (Lipinski definition) is 3. The quantitative estimate of drug-likeness (QED) is 0.361. The highest BCUT2D eigenvalue weighted by atomic mass is 32.2. The summed E-state index contributed by atoms with van der Waals surface area (Å²) in [7, 11) is -3.75. The van der Waals surface area contributed by atoms with Gasteiger partial charge in [-0.1, -0.05) is 42.5 Å². The van der Waals surface area contributed by atoms with Gasteiger partial charge in [0.15, 0.2) is 0 Å². The zero-order valence-electron chi connectivity index (χ0n) is 22.5. The number of benzene rings is 3. The molecule has 3 aliphatic rings. The molecular weight excluding hydrogens is 522 g/mol. The van der Waals surface area contributed by atoms with E-state index in [0.29, 0.717) is 17.0 Å². The van der Waals surface area contributed by atoms with Gasteiger partial charge in [0.05, 0.1) is 16.3 Å². The predicted octanol–water partition coefficient (Wildman–Crippen LogP) is 4.17.